The average Bonchev–Trinajstić information content (AvgIpc) is 3.28. The van der Waals surface area contributed by atoms with Crippen molar-refractivity contribution in [2.24, 2.45) is 0 Å². The quantitative estimate of drug-likeness (QED) is 0.612. The Labute approximate surface area is 156 Å². The number of hydrogen-bond donors (Lipinski definition) is 0. The average molecular weight is 367 g/mol. The highest BCUT2D eigenvalue weighted by Gasteiger charge is 2.17. The van der Waals surface area contributed by atoms with Gasteiger partial charge >= 0.3 is 0 Å². The zero-order chi connectivity index (χ0) is 18.8. The van der Waals surface area contributed by atoms with E-state index in [1.807, 2.05) is 12.3 Å². The van der Waals surface area contributed by atoms with Crippen molar-refractivity contribution in [3.8, 4) is 11.5 Å². The van der Waals surface area contributed by atoms with Crippen LogP contribution in [0.1, 0.15) is 16.8 Å². The van der Waals surface area contributed by atoms with Crippen LogP contribution in [0.4, 0.5) is 8.78 Å². The molecule has 0 unspecified atom stereocenters. The van der Waals surface area contributed by atoms with Crippen LogP contribution in [0, 0.1) is 11.6 Å². The van der Waals surface area contributed by atoms with E-state index in [2.05, 4.69) is 16.7 Å². The molecule has 1 aliphatic rings. The first-order valence-electron chi connectivity index (χ1n) is 8.74. The third kappa shape index (κ3) is 3.45. The molecule has 27 heavy (non-hydrogen) atoms. The molecule has 2 heterocycles. The van der Waals surface area contributed by atoms with Crippen molar-refractivity contribution in [2.75, 3.05) is 7.11 Å². The van der Waals surface area contributed by atoms with Crippen molar-refractivity contribution in [2.45, 2.75) is 19.4 Å². The Bertz CT molecular complexity index is 1010. The van der Waals surface area contributed by atoms with Crippen LogP contribution >= 0.6 is 0 Å². The Kier molecular flexibility index (Phi) is 4.67. The summed E-state index contributed by atoms with van der Waals surface area (Å²) in [7, 11) is 1.51. The van der Waals surface area contributed by atoms with Gasteiger partial charge in [-0.2, -0.15) is 0 Å². The summed E-state index contributed by atoms with van der Waals surface area (Å²) in [6.45, 7) is -0.000298. The van der Waals surface area contributed by atoms with Crippen LogP contribution < -0.4 is 9.47 Å². The first-order chi connectivity index (χ1) is 13.2. The topological polar surface area (TPSA) is 23.4 Å². The van der Waals surface area contributed by atoms with Crippen molar-refractivity contribution in [1.29, 1.82) is 0 Å². The molecule has 0 radical (unpaired) electrons. The molecule has 4 rings (SSSR count). The van der Waals surface area contributed by atoms with Gasteiger partial charge in [-0.25, -0.2) is 8.78 Å². The van der Waals surface area contributed by atoms with Gasteiger partial charge in [-0.1, -0.05) is 24.3 Å². The Hall–Kier alpha value is -3.08. The Balaban J connectivity index is 1.55. The van der Waals surface area contributed by atoms with Gasteiger partial charge in [0.1, 0.15) is 18.2 Å². The van der Waals surface area contributed by atoms with Crippen molar-refractivity contribution in [1.82, 2.24) is 4.57 Å². The molecule has 0 aliphatic carbocycles. The van der Waals surface area contributed by atoms with Crippen LogP contribution in [-0.4, -0.2) is 11.7 Å². The molecule has 3 nitrogen and oxygen atoms in total. The second kappa shape index (κ2) is 7.27. The van der Waals surface area contributed by atoms with Crippen LogP contribution in [0.3, 0.4) is 0 Å². The second-order valence-electron chi connectivity index (χ2n) is 6.42. The standard InChI is InChI=1S/C22H19F2NO2/c1-26-21-12-16(11-18-9-8-17-6-4-10-25(17)18)20(24)13-22(21)27-14-15-5-2-3-7-19(15)23/h2-7,9-10,12-13H,8,11,14H2,1H3. The largest absolute Gasteiger partial charge is 0.493 e. The lowest BCUT2D eigenvalue weighted by atomic mass is 10.1. The fourth-order valence-corrected chi connectivity index (χ4v) is 3.29. The summed E-state index contributed by atoms with van der Waals surface area (Å²) in [5.41, 5.74) is 3.16. The van der Waals surface area contributed by atoms with E-state index in [0.29, 0.717) is 23.3 Å². The Morgan fingerprint density at radius 2 is 1.81 bits per heavy atom. The number of rotatable bonds is 6. The number of hydrogen-bond acceptors (Lipinski definition) is 2. The molecule has 0 saturated heterocycles. The van der Waals surface area contributed by atoms with Gasteiger partial charge in [0, 0.05) is 42.1 Å². The van der Waals surface area contributed by atoms with Crippen LogP contribution in [0.25, 0.3) is 5.70 Å². The van der Waals surface area contributed by atoms with E-state index >= 15 is 0 Å². The van der Waals surface area contributed by atoms with Crippen LogP contribution in [0.5, 0.6) is 11.5 Å². The lowest BCUT2D eigenvalue weighted by Gasteiger charge is -2.14. The molecule has 0 saturated carbocycles. The summed E-state index contributed by atoms with van der Waals surface area (Å²) < 4.78 is 41.5. The summed E-state index contributed by atoms with van der Waals surface area (Å²) in [6.07, 6.45) is 5.39. The fourth-order valence-electron chi connectivity index (χ4n) is 3.29. The number of fused-ring (bicyclic) bond motifs is 1. The number of methoxy groups -OCH3 is 1. The van der Waals surface area contributed by atoms with Gasteiger partial charge < -0.3 is 14.0 Å². The summed E-state index contributed by atoms with van der Waals surface area (Å²) in [5.74, 6) is -0.0526. The van der Waals surface area contributed by atoms with Crippen LogP contribution in [-0.2, 0) is 19.4 Å². The summed E-state index contributed by atoms with van der Waals surface area (Å²) in [5, 5.41) is 0. The molecule has 3 aromatic rings. The van der Waals surface area contributed by atoms with Crippen LogP contribution in [0.2, 0.25) is 0 Å². The van der Waals surface area contributed by atoms with Gasteiger partial charge in [-0.05, 0) is 29.8 Å². The first kappa shape index (κ1) is 17.3. The molecule has 1 aromatic heterocycles. The third-order valence-corrected chi connectivity index (χ3v) is 4.73. The normalized spacial score (nSPS) is 12.6. The number of nitrogens with zero attached hydrogens (tertiary/aromatic N) is 1. The number of aromatic nitrogens is 1. The second-order valence-corrected chi connectivity index (χ2v) is 6.42. The van der Waals surface area contributed by atoms with E-state index in [4.69, 9.17) is 9.47 Å². The molecule has 0 atom stereocenters. The highest BCUT2D eigenvalue weighted by Crippen LogP contribution is 2.33. The van der Waals surface area contributed by atoms with E-state index < -0.39 is 0 Å². The number of halogens is 2. The third-order valence-electron chi connectivity index (χ3n) is 4.73. The summed E-state index contributed by atoms with van der Waals surface area (Å²) >= 11 is 0. The number of allylic oxidation sites excluding steroid dienone is 2. The molecule has 0 fully saturated rings. The molecule has 1 aliphatic heterocycles. The van der Waals surface area contributed by atoms with E-state index in [-0.39, 0.29) is 24.0 Å². The Morgan fingerprint density at radius 3 is 2.63 bits per heavy atom. The predicted octanol–water partition coefficient (Wildman–Crippen LogP) is 4.99. The monoisotopic (exact) mass is 367 g/mol. The highest BCUT2D eigenvalue weighted by atomic mass is 19.1. The zero-order valence-corrected chi connectivity index (χ0v) is 14.9. The minimum Gasteiger partial charge on any atom is -0.493 e. The van der Waals surface area contributed by atoms with E-state index in [0.717, 1.165) is 12.1 Å². The maximum atomic E-state index is 14.7. The molecule has 2 aromatic carbocycles. The molecule has 0 amide bonds. The van der Waals surface area contributed by atoms with Crippen LogP contribution in [0.15, 0.2) is 60.8 Å². The van der Waals surface area contributed by atoms with Gasteiger partial charge in [0.15, 0.2) is 11.5 Å². The van der Waals surface area contributed by atoms with Crippen molar-refractivity contribution >= 4 is 5.70 Å². The lowest BCUT2D eigenvalue weighted by Crippen LogP contribution is -2.03. The molecule has 0 bridgehead atoms. The first-order valence-corrected chi connectivity index (χ1v) is 8.74. The van der Waals surface area contributed by atoms with Crippen molar-refractivity contribution in [3.63, 3.8) is 0 Å². The summed E-state index contributed by atoms with van der Waals surface area (Å²) in [6, 6.07) is 13.3. The van der Waals surface area contributed by atoms with Gasteiger partial charge in [0.05, 0.1) is 7.11 Å². The number of benzene rings is 2. The number of ether oxygens (including phenoxy) is 2. The molecule has 0 spiro atoms. The minimum atomic E-state index is -0.374. The van der Waals surface area contributed by atoms with Crippen molar-refractivity contribution in [3.05, 3.63) is 89.3 Å². The van der Waals surface area contributed by atoms with Gasteiger partial charge in [-0.3, -0.25) is 0 Å². The highest BCUT2D eigenvalue weighted by molar-refractivity contribution is 5.57. The minimum absolute atomic E-state index is 0.000298. The summed E-state index contributed by atoms with van der Waals surface area (Å²) in [4.78, 5) is 0. The van der Waals surface area contributed by atoms with Gasteiger partial charge in [0.25, 0.3) is 0 Å². The van der Waals surface area contributed by atoms with E-state index in [1.165, 1.54) is 24.9 Å². The van der Waals surface area contributed by atoms with Gasteiger partial charge in [0.2, 0.25) is 0 Å². The molecular formula is C22H19F2NO2. The maximum Gasteiger partial charge on any atom is 0.164 e. The SMILES string of the molecule is COc1cc(CC2=CCc3cccn32)c(F)cc1OCc1ccccc1F. The Morgan fingerprint density at radius 1 is 0.963 bits per heavy atom. The van der Waals surface area contributed by atoms with Gasteiger partial charge in [-0.15, -0.1) is 0 Å². The van der Waals surface area contributed by atoms with E-state index in [1.54, 1.807) is 24.3 Å². The molecule has 138 valence electrons. The smallest absolute Gasteiger partial charge is 0.164 e. The fraction of sp³-hybridized carbons (Fsp3) is 0.182. The lowest BCUT2D eigenvalue weighted by molar-refractivity contribution is 0.278. The maximum absolute atomic E-state index is 14.7. The van der Waals surface area contributed by atoms with Crippen molar-refractivity contribution < 1.29 is 18.3 Å². The molecule has 0 N–H and O–H groups in total. The predicted molar refractivity (Wildman–Crippen MR) is 99.8 cm³/mol. The zero-order valence-electron chi connectivity index (χ0n) is 14.9. The molecule has 5 heteroatoms. The van der Waals surface area contributed by atoms with E-state index in [9.17, 15) is 8.78 Å². The molecular weight excluding hydrogens is 348 g/mol.